The van der Waals surface area contributed by atoms with Crippen LogP contribution in [0.1, 0.15) is 63.5 Å². The molecule has 0 bridgehead atoms. The molecule has 7 heteroatoms. The highest BCUT2D eigenvalue weighted by molar-refractivity contribution is 7.99. The van der Waals surface area contributed by atoms with E-state index in [2.05, 4.69) is 95.2 Å². The summed E-state index contributed by atoms with van der Waals surface area (Å²) in [5.41, 5.74) is 1.93. The molecule has 0 fully saturated rings. The molecule has 0 saturated heterocycles. The molecule has 0 amide bonds. The van der Waals surface area contributed by atoms with E-state index >= 15 is 0 Å². The van der Waals surface area contributed by atoms with Gasteiger partial charge in [-0.25, -0.2) is 0 Å². The summed E-state index contributed by atoms with van der Waals surface area (Å²) in [6.45, 7) is 19.1. The highest BCUT2D eigenvalue weighted by Crippen LogP contribution is 2.38. The number of aliphatic hydroxyl groups excluding tert-OH is 1. The standard InChI is InChI=1S/C26H52O3SSi3/c1-9-24(2)23-26(25-17-13-12-14-18-25)32(6,7)29-33(8,28-31(3,4)5)22-21-30-20-16-11-10-15-19-27/h12-14,17-18,24,26-27H,9-11,15-16,19-23H2,1-8H3. The molecule has 0 heterocycles. The van der Waals surface area contributed by atoms with Gasteiger partial charge in [0, 0.05) is 12.1 Å². The quantitative estimate of drug-likeness (QED) is 0.154. The minimum atomic E-state index is -2.29. The molecule has 0 spiro atoms. The first-order valence-corrected chi connectivity index (χ1v) is 23.1. The summed E-state index contributed by atoms with van der Waals surface area (Å²) >= 11 is 2.05. The van der Waals surface area contributed by atoms with Gasteiger partial charge in [-0.05, 0) is 87.6 Å². The van der Waals surface area contributed by atoms with Crippen LogP contribution in [0.15, 0.2) is 30.3 Å². The predicted octanol–water partition coefficient (Wildman–Crippen LogP) is 8.18. The van der Waals surface area contributed by atoms with Gasteiger partial charge in [0.1, 0.15) is 0 Å². The number of rotatable bonds is 18. The Balaban J connectivity index is 2.91. The normalized spacial score (nSPS) is 16.4. The average Bonchev–Trinajstić information content (AvgIpc) is 2.72. The molecule has 0 radical (unpaired) electrons. The molecule has 3 nitrogen and oxygen atoms in total. The fourth-order valence-electron chi connectivity index (χ4n) is 4.50. The Bertz CT molecular complexity index is 639. The second-order valence-corrected chi connectivity index (χ2v) is 25.0. The van der Waals surface area contributed by atoms with E-state index < -0.39 is 25.2 Å². The van der Waals surface area contributed by atoms with E-state index in [1.54, 1.807) is 0 Å². The summed E-state index contributed by atoms with van der Waals surface area (Å²) in [6.07, 6.45) is 6.94. The maximum Gasteiger partial charge on any atom is 0.315 e. The van der Waals surface area contributed by atoms with Gasteiger partial charge in [0.25, 0.3) is 0 Å². The molecule has 33 heavy (non-hydrogen) atoms. The Kier molecular flexibility index (Phi) is 14.4. The highest BCUT2D eigenvalue weighted by Gasteiger charge is 2.45. The van der Waals surface area contributed by atoms with Crippen LogP contribution < -0.4 is 0 Å². The molecule has 0 aliphatic carbocycles. The van der Waals surface area contributed by atoms with Crippen molar-refractivity contribution in [2.75, 3.05) is 18.1 Å². The van der Waals surface area contributed by atoms with Crippen LogP contribution in [0.2, 0.25) is 45.3 Å². The largest absolute Gasteiger partial charge is 0.437 e. The third-order valence-corrected chi connectivity index (χ3v) is 19.1. The molecule has 1 aromatic carbocycles. The van der Waals surface area contributed by atoms with Crippen molar-refractivity contribution in [2.24, 2.45) is 5.92 Å². The molecule has 1 N–H and O–H groups in total. The smallest absolute Gasteiger partial charge is 0.315 e. The van der Waals surface area contributed by atoms with Gasteiger partial charge >= 0.3 is 8.56 Å². The SMILES string of the molecule is CCC(C)CC(c1ccccc1)[Si](C)(C)O[Si](C)(CCSCCCCCCO)O[Si](C)(C)C. The van der Waals surface area contributed by atoms with Crippen molar-refractivity contribution in [2.45, 2.75) is 103 Å². The van der Waals surface area contributed by atoms with Gasteiger partial charge in [-0.2, -0.15) is 11.8 Å². The molecule has 1 aromatic rings. The summed E-state index contributed by atoms with van der Waals surface area (Å²) in [6, 6.07) is 12.1. The average molecular weight is 529 g/mol. The molecule has 192 valence electrons. The minimum absolute atomic E-state index is 0.323. The maximum atomic E-state index is 8.93. The Morgan fingerprint density at radius 3 is 2.09 bits per heavy atom. The van der Waals surface area contributed by atoms with Crippen LogP contribution in [0.3, 0.4) is 0 Å². The molecule has 1 rings (SSSR count). The second kappa shape index (κ2) is 15.3. The third-order valence-electron chi connectivity index (χ3n) is 6.27. The van der Waals surface area contributed by atoms with E-state index in [-0.39, 0.29) is 0 Å². The maximum absolute atomic E-state index is 8.93. The van der Waals surface area contributed by atoms with Gasteiger partial charge in [-0.3, -0.25) is 0 Å². The van der Waals surface area contributed by atoms with Crippen LogP contribution in [-0.2, 0) is 8.23 Å². The second-order valence-electron chi connectivity index (χ2n) is 11.3. The fraction of sp³-hybridized carbons (Fsp3) is 0.769. The monoisotopic (exact) mass is 528 g/mol. The van der Waals surface area contributed by atoms with Gasteiger partial charge < -0.3 is 13.3 Å². The summed E-state index contributed by atoms with van der Waals surface area (Å²) in [5.74, 6) is 3.02. The van der Waals surface area contributed by atoms with Crippen molar-refractivity contribution in [3.63, 3.8) is 0 Å². The molecule has 0 aliphatic heterocycles. The van der Waals surface area contributed by atoms with Crippen molar-refractivity contribution >= 4 is 37.0 Å². The third kappa shape index (κ3) is 13.1. The van der Waals surface area contributed by atoms with E-state index in [4.69, 9.17) is 13.3 Å². The van der Waals surface area contributed by atoms with Crippen LogP contribution in [0.25, 0.3) is 0 Å². The molecule has 0 aliphatic rings. The molecule has 0 saturated carbocycles. The molecular formula is C26H52O3SSi3. The van der Waals surface area contributed by atoms with Gasteiger partial charge in [0.15, 0.2) is 16.6 Å². The van der Waals surface area contributed by atoms with Gasteiger partial charge in [-0.15, -0.1) is 0 Å². The number of unbranched alkanes of at least 4 members (excludes halogenated alkanes) is 3. The number of aliphatic hydroxyl groups is 1. The Morgan fingerprint density at radius 1 is 0.879 bits per heavy atom. The van der Waals surface area contributed by atoms with Gasteiger partial charge in [0.2, 0.25) is 0 Å². The van der Waals surface area contributed by atoms with Crippen molar-refractivity contribution < 1.29 is 13.3 Å². The lowest BCUT2D eigenvalue weighted by atomic mass is 9.98. The highest BCUT2D eigenvalue weighted by atomic mass is 32.2. The summed E-state index contributed by atoms with van der Waals surface area (Å²) in [4.78, 5) is 0. The number of hydrogen-bond acceptors (Lipinski definition) is 4. The molecular weight excluding hydrogens is 477 g/mol. The van der Waals surface area contributed by atoms with Crippen LogP contribution in [-0.4, -0.2) is 48.4 Å². The summed E-state index contributed by atoms with van der Waals surface area (Å²) in [7, 11) is -6.05. The van der Waals surface area contributed by atoms with Crippen molar-refractivity contribution in [3.05, 3.63) is 35.9 Å². The topological polar surface area (TPSA) is 38.7 Å². The lowest BCUT2D eigenvalue weighted by Gasteiger charge is -2.43. The van der Waals surface area contributed by atoms with Crippen molar-refractivity contribution in [3.8, 4) is 0 Å². The predicted molar refractivity (Wildman–Crippen MR) is 156 cm³/mol. The van der Waals surface area contributed by atoms with E-state index in [0.29, 0.717) is 18.1 Å². The zero-order chi connectivity index (χ0) is 25.0. The summed E-state index contributed by atoms with van der Waals surface area (Å²) < 4.78 is 14.2. The number of benzene rings is 1. The van der Waals surface area contributed by atoms with Gasteiger partial charge in [-0.1, -0.05) is 63.4 Å². The van der Waals surface area contributed by atoms with Crippen LogP contribution in [0.4, 0.5) is 0 Å². The first-order valence-electron chi connectivity index (χ1n) is 13.1. The minimum Gasteiger partial charge on any atom is -0.437 e. The lowest BCUT2D eigenvalue weighted by molar-refractivity contribution is 0.283. The van der Waals surface area contributed by atoms with Gasteiger partial charge in [0.05, 0.1) is 0 Å². The first kappa shape index (κ1) is 31.1. The number of hydrogen-bond donors (Lipinski definition) is 1. The first-order chi connectivity index (χ1) is 15.4. The van der Waals surface area contributed by atoms with Crippen LogP contribution >= 0.6 is 11.8 Å². The van der Waals surface area contributed by atoms with E-state index in [9.17, 15) is 0 Å². The molecule has 0 aromatic heterocycles. The summed E-state index contributed by atoms with van der Waals surface area (Å²) in [5, 5.41) is 8.93. The zero-order valence-corrected chi connectivity index (χ0v) is 26.6. The Hall–Kier alpha value is 0.101. The molecule has 3 atom stereocenters. The van der Waals surface area contributed by atoms with E-state index in [0.717, 1.165) is 24.6 Å². The Labute approximate surface area is 213 Å². The fourth-order valence-corrected chi connectivity index (χ4v) is 20.7. The zero-order valence-electron chi connectivity index (χ0n) is 22.8. The van der Waals surface area contributed by atoms with Crippen LogP contribution in [0, 0.1) is 5.92 Å². The molecule has 3 unspecified atom stereocenters. The Morgan fingerprint density at radius 2 is 1.52 bits per heavy atom. The number of thioether (sulfide) groups is 1. The van der Waals surface area contributed by atoms with Crippen molar-refractivity contribution in [1.82, 2.24) is 0 Å². The van der Waals surface area contributed by atoms with Crippen LogP contribution in [0.5, 0.6) is 0 Å². The van der Waals surface area contributed by atoms with E-state index in [1.165, 1.54) is 37.0 Å². The van der Waals surface area contributed by atoms with Crippen molar-refractivity contribution in [1.29, 1.82) is 0 Å². The van der Waals surface area contributed by atoms with E-state index in [1.807, 2.05) is 0 Å². The lowest BCUT2D eigenvalue weighted by Crippen LogP contribution is -2.56.